The monoisotopic (exact) mass is 284 g/mol. The van der Waals surface area contributed by atoms with Crippen LogP contribution in [0.3, 0.4) is 0 Å². The molecule has 0 aromatic heterocycles. The molecule has 0 heterocycles. The van der Waals surface area contributed by atoms with E-state index >= 15 is 0 Å². The van der Waals surface area contributed by atoms with E-state index in [9.17, 15) is 0 Å². The van der Waals surface area contributed by atoms with E-state index in [1.54, 1.807) is 14.2 Å². The van der Waals surface area contributed by atoms with Crippen LogP contribution in [0.15, 0.2) is 48.5 Å². The first kappa shape index (κ1) is 15.4. The van der Waals surface area contributed by atoms with Crippen molar-refractivity contribution in [3.8, 4) is 11.5 Å². The van der Waals surface area contributed by atoms with Crippen molar-refractivity contribution < 1.29 is 9.47 Å². The lowest BCUT2D eigenvalue weighted by Crippen LogP contribution is -2.30. The van der Waals surface area contributed by atoms with Gasteiger partial charge < -0.3 is 9.47 Å². The second-order valence-electron chi connectivity index (χ2n) is 5.81. The summed E-state index contributed by atoms with van der Waals surface area (Å²) in [7, 11) is 3.39. The number of hydrogen-bond donors (Lipinski definition) is 0. The molecular weight excluding hydrogens is 260 g/mol. The normalized spacial score (nSPS) is 11.5. The van der Waals surface area contributed by atoms with Gasteiger partial charge in [0.25, 0.3) is 0 Å². The van der Waals surface area contributed by atoms with Crippen LogP contribution < -0.4 is 9.47 Å². The molecule has 0 aliphatic rings. The van der Waals surface area contributed by atoms with Gasteiger partial charge in [0.05, 0.1) is 14.2 Å². The highest BCUT2D eigenvalue weighted by atomic mass is 16.5. The van der Waals surface area contributed by atoms with E-state index in [1.165, 1.54) is 11.1 Å². The predicted molar refractivity (Wildman–Crippen MR) is 87.3 cm³/mol. The average Bonchev–Trinajstić information content (AvgIpc) is 2.54. The molecule has 0 N–H and O–H groups in total. The Labute approximate surface area is 127 Å². The van der Waals surface area contributed by atoms with Crippen LogP contribution in [0.2, 0.25) is 0 Å². The Morgan fingerprint density at radius 3 is 1.29 bits per heavy atom. The molecule has 0 atom stereocenters. The van der Waals surface area contributed by atoms with Crippen molar-refractivity contribution in [1.29, 1.82) is 0 Å². The number of benzene rings is 2. The number of rotatable bonds is 5. The minimum Gasteiger partial charge on any atom is -0.497 e. The molecule has 0 aliphatic carbocycles. The van der Waals surface area contributed by atoms with E-state index in [-0.39, 0.29) is 5.41 Å². The first-order chi connectivity index (χ1) is 10.0. The van der Waals surface area contributed by atoms with E-state index in [0.717, 1.165) is 11.5 Å². The van der Waals surface area contributed by atoms with Crippen LogP contribution >= 0.6 is 0 Å². The van der Waals surface area contributed by atoms with Crippen molar-refractivity contribution in [2.45, 2.75) is 26.2 Å². The largest absolute Gasteiger partial charge is 0.497 e. The summed E-state index contributed by atoms with van der Waals surface area (Å²) in [6, 6.07) is 16.7. The Bertz CT molecular complexity index is 520. The molecule has 0 saturated carbocycles. The van der Waals surface area contributed by atoms with E-state index in [0.29, 0.717) is 5.92 Å². The molecule has 0 aliphatic heterocycles. The molecule has 0 fully saturated rings. The molecule has 0 unspecified atom stereocenters. The van der Waals surface area contributed by atoms with Crippen molar-refractivity contribution >= 4 is 0 Å². The summed E-state index contributed by atoms with van der Waals surface area (Å²) in [4.78, 5) is 0. The minimum absolute atomic E-state index is 0.0431. The Morgan fingerprint density at radius 2 is 1.05 bits per heavy atom. The molecule has 2 aromatic rings. The van der Waals surface area contributed by atoms with Crippen molar-refractivity contribution in [3.05, 3.63) is 59.7 Å². The molecule has 0 bridgehead atoms. The van der Waals surface area contributed by atoms with Gasteiger partial charge >= 0.3 is 0 Å². The second kappa shape index (κ2) is 6.21. The maximum atomic E-state index is 5.26. The van der Waals surface area contributed by atoms with Crippen LogP contribution in [0.1, 0.15) is 31.9 Å². The van der Waals surface area contributed by atoms with Crippen LogP contribution in [-0.4, -0.2) is 14.2 Å². The van der Waals surface area contributed by atoms with Gasteiger partial charge in [0, 0.05) is 5.41 Å². The molecule has 0 radical (unpaired) electrons. The van der Waals surface area contributed by atoms with Crippen LogP contribution in [0.4, 0.5) is 0 Å². The molecule has 2 nitrogen and oxygen atoms in total. The average molecular weight is 284 g/mol. The highest BCUT2D eigenvalue weighted by molar-refractivity contribution is 5.43. The van der Waals surface area contributed by atoms with Crippen LogP contribution in [0.25, 0.3) is 0 Å². The fourth-order valence-corrected chi connectivity index (χ4v) is 2.71. The smallest absolute Gasteiger partial charge is 0.118 e. The highest BCUT2D eigenvalue weighted by Gasteiger charge is 2.32. The highest BCUT2D eigenvalue weighted by Crippen LogP contribution is 2.39. The van der Waals surface area contributed by atoms with Gasteiger partial charge in [-0.3, -0.25) is 0 Å². The second-order valence-corrected chi connectivity index (χ2v) is 5.81. The fraction of sp³-hybridized carbons (Fsp3) is 0.368. The third-order valence-corrected chi connectivity index (χ3v) is 4.53. The molecular formula is C19H24O2. The number of ether oxygens (including phenoxy) is 2. The summed E-state index contributed by atoms with van der Waals surface area (Å²) in [5, 5.41) is 0. The summed E-state index contributed by atoms with van der Waals surface area (Å²) in [5.41, 5.74) is 2.55. The van der Waals surface area contributed by atoms with E-state index in [2.05, 4.69) is 45.0 Å². The maximum absolute atomic E-state index is 5.26. The fourth-order valence-electron chi connectivity index (χ4n) is 2.71. The van der Waals surface area contributed by atoms with E-state index in [1.807, 2.05) is 24.3 Å². The SMILES string of the molecule is COc1ccc(C(C)(c2ccc(OC)cc2)C(C)C)cc1. The predicted octanol–water partition coefficient (Wildman–Crippen LogP) is 4.67. The zero-order valence-corrected chi connectivity index (χ0v) is 13.5. The van der Waals surface area contributed by atoms with Crippen molar-refractivity contribution in [2.24, 2.45) is 5.92 Å². The molecule has 2 aromatic carbocycles. The van der Waals surface area contributed by atoms with Crippen LogP contribution in [0.5, 0.6) is 11.5 Å². The molecule has 0 amide bonds. The van der Waals surface area contributed by atoms with Gasteiger partial charge in [-0.25, -0.2) is 0 Å². The summed E-state index contributed by atoms with van der Waals surface area (Å²) >= 11 is 0. The Morgan fingerprint density at radius 1 is 0.714 bits per heavy atom. The van der Waals surface area contributed by atoms with Crippen LogP contribution in [0, 0.1) is 5.92 Å². The molecule has 2 rings (SSSR count). The number of methoxy groups -OCH3 is 2. The van der Waals surface area contributed by atoms with Gasteiger partial charge in [-0.2, -0.15) is 0 Å². The van der Waals surface area contributed by atoms with Gasteiger partial charge in [0.15, 0.2) is 0 Å². The molecule has 112 valence electrons. The Hall–Kier alpha value is -1.96. The zero-order chi connectivity index (χ0) is 15.5. The molecule has 21 heavy (non-hydrogen) atoms. The van der Waals surface area contributed by atoms with E-state index in [4.69, 9.17) is 9.47 Å². The topological polar surface area (TPSA) is 18.5 Å². The summed E-state index contributed by atoms with van der Waals surface area (Å²) in [6.45, 7) is 6.81. The minimum atomic E-state index is -0.0431. The molecule has 0 spiro atoms. The van der Waals surface area contributed by atoms with Gasteiger partial charge in [0.2, 0.25) is 0 Å². The van der Waals surface area contributed by atoms with Gasteiger partial charge in [0.1, 0.15) is 11.5 Å². The van der Waals surface area contributed by atoms with Crippen molar-refractivity contribution in [3.63, 3.8) is 0 Å². The molecule has 0 saturated heterocycles. The van der Waals surface area contributed by atoms with Gasteiger partial charge in [-0.1, -0.05) is 45.0 Å². The zero-order valence-electron chi connectivity index (χ0n) is 13.5. The summed E-state index contributed by atoms with van der Waals surface area (Å²) in [5.74, 6) is 2.25. The Kier molecular flexibility index (Phi) is 4.56. The Balaban J connectivity index is 2.47. The summed E-state index contributed by atoms with van der Waals surface area (Å²) < 4.78 is 10.5. The standard InChI is InChI=1S/C19H24O2/c1-14(2)19(3,15-6-10-17(20-4)11-7-15)16-8-12-18(21-5)13-9-16/h6-14H,1-5H3. The third-order valence-electron chi connectivity index (χ3n) is 4.53. The van der Waals surface area contributed by atoms with Crippen LogP contribution in [-0.2, 0) is 5.41 Å². The third kappa shape index (κ3) is 2.90. The van der Waals surface area contributed by atoms with Gasteiger partial charge in [-0.15, -0.1) is 0 Å². The summed E-state index contributed by atoms with van der Waals surface area (Å²) in [6.07, 6.45) is 0. The first-order valence-electron chi connectivity index (χ1n) is 7.31. The lowest BCUT2D eigenvalue weighted by Gasteiger charge is -2.35. The first-order valence-corrected chi connectivity index (χ1v) is 7.31. The van der Waals surface area contributed by atoms with Crippen molar-refractivity contribution in [2.75, 3.05) is 14.2 Å². The maximum Gasteiger partial charge on any atom is 0.118 e. The lowest BCUT2D eigenvalue weighted by molar-refractivity contribution is 0.396. The molecule has 2 heteroatoms. The van der Waals surface area contributed by atoms with Crippen molar-refractivity contribution in [1.82, 2.24) is 0 Å². The lowest BCUT2D eigenvalue weighted by atomic mass is 9.68. The van der Waals surface area contributed by atoms with E-state index < -0.39 is 0 Å². The van der Waals surface area contributed by atoms with Gasteiger partial charge in [-0.05, 0) is 41.3 Å². The number of hydrogen-bond acceptors (Lipinski definition) is 2. The quantitative estimate of drug-likeness (QED) is 0.794.